The molecule has 0 aliphatic rings. The molecule has 1 aromatic heterocycles. The minimum atomic E-state index is -0.949. The quantitative estimate of drug-likeness (QED) is 0.851. The van der Waals surface area contributed by atoms with E-state index in [0.717, 1.165) is 6.42 Å². The van der Waals surface area contributed by atoms with Gasteiger partial charge in [0.2, 0.25) is 0 Å². The number of aryl methyl sites for hydroxylation is 1. The summed E-state index contributed by atoms with van der Waals surface area (Å²) in [6.45, 7) is 2.07. The number of aromatic nitrogens is 1. The second-order valence-corrected chi connectivity index (χ2v) is 4.17. The second-order valence-electron chi connectivity index (χ2n) is 4.17. The van der Waals surface area contributed by atoms with Crippen molar-refractivity contribution < 1.29 is 9.90 Å². The molecule has 0 aliphatic carbocycles. The van der Waals surface area contributed by atoms with Crippen LogP contribution >= 0.6 is 0 Å². The lowest BCUT2D eigenvalue weighted by atomic mass is 10.0. The van der Waals surface area contributed by atoms with Gasteiger partial charge >= 0.3 is 5.97 Å². The van der Waals surface area contributed by atoms with E-state index < -0.39 is 5.97 Å². The molecule has 0 saturated carbocycles. The summed E-state index contributed by atoms with van der Waals surface area (Å²) < 4.78 is 0. The molecule has 2 rings (SSSR count). The molecule has 19 heavy (non-hydrogen) atoms. The van der Waals surface area contributed by atoms with E-state index in [-0.39, 0.29) is 5.57 Å². The normalized spacial score (nSPS) is 11.3. The molecule has 0 aliphatic heterocycles. The molecular weight excluding hydrogens is 238 g/mol. The van der Waals surface area contributed by atoms with Crippen LogP contribution in [0.1, 0.15) is 23.7 Å². The van der Waals surface area contributed by atoms with Crippen molar-refractivity contribution in [1.29, 1.82) is 0 Å². The number of carboxylic acid groups (broad SMARTS) is 1. The number of pyridine rings is 1. The molecular formula is C16H15NO2. The molecule has 96 valence electrons. The zero-order valence-corrected chi connectivity index (χ0v) is 10.7. The van der Waals surface area contributed by atoms with Crippen molar-refractivity contribution in [2.24, 2.45) is 0 Å². The molecule has 0 unspecified atom stereocenters. The maximum absolute atomic E-state index is 11.4. The average molecular weight is 253 g/mol. The van der Waals surface area contributed by atoms with Gasteiger partial charge in [-0.1, -0.05) is 37.3 Å². The van der Waals surface area contributed by atoms with Crippen molar-refractivity contribution in [1.82, 2.24) is 4.98 Å². The summed E-state index contributed by atoms with van der Waals surface area (Å²) in [7, 11) is 0. The maximum atomic E-state index is 11.4. The Bertz CT molecular complexity index is 586. The van der Waals surface area contributed by atoms with E-state index in [1.165, 1.54) is 5.56 Å². The lowest BCUT2D eigenvalue weighted by Crippen LogP contribution is -2.00. The summed E-state index contributed by atoms with van der Waals surface area (Å²) in [6.07, 6.45) is 4.17. The molecule has 0 fully saturated rings. The van der Waals surface area contributed by atoms with Gasteiger partial charge in [-0.05, 0) is 35.8 Å². The minimum Gasteiger partial charge on any atom is -0.478 e. The topological polar surface area (TPSA) is 50.2 Å². The second kappa shape index (κ2) is 5.96. The third-order valence-electron chi connectivity index (χ3n) is 2.88. The van der Waals surface area contributed by atoms with Crippen molar-refractivity contribution in [2.45, 2.75) is 13.3 Å². The molecule has 0 amide bonds. The fraction of sp³-hybridized carbons (Fsp3) is 0.125. The largest absolute Gasteiger partial charge is 0.478 e. The Morgan fingerprint density at radius 1 is 1.21 bits per heavy atom. The Hall–Kier alpha value is -2.42. The lowest BCUT2D eigenvalue weighted by molar-refractivity contribution is -0.130. The Balaban J connectivity index is 2.40. The SMILES string of the molecule is CCc1ccc(/C(=C/c2ccccn2)C(=O)O)cc1. The number of hydrogen-bond donors (Lipinski definition) is 1. The smallest absolute Gasteiger partial charge is 0.336 e. The minimum absolute atomic E-state index is 0.251. The highest BCUT2D eigenvalue weighted by molar-refractivity contribution is 6.20. The van der Waals surface area contributed by atoms with E-state index in [0.29, 0.717) is 11.3 Å². The van der Waals surface area contributed by atoms with Gasteiger partial charge in [0, 0.05) is 6.20 Å². The molecule has 1 aromatic carbocycles. The maximum Gasteiger partial charge on any atom is 0.336 e. The molecule has 0 radical (unpaired) electrons. The van der Waals surface area contributed by atoms with E-state index in [1.807, 2.05) is 30.3 Å². The van der Waals surface area contributed by atoms with Crippen LogP contribution in [0.15, 0.2) is 48.7 Å². The first-order valence-electron chi connectivity index (χ1n) is 6.16. The molecule has 0 saturated heterocycles. The van der Waals surface area contributed by atoms with E-state index in [4.69, 9.17) is 0 Å². The van der Waals surface area contributed by atoms with Gasteiger partial charge in [0.05, 0.1) is 11.3 Å². The molecule has 3 heteroatoms. The van der Waals surface area contributed by atoms with Crippen molar-refractivity contribution in [3.8, 4) is 0 Å². The number of carbonyl (C=O) groups is 1. The number of nitrogens with zero attached hydrogens (tertiary/aromatic N) is 1. The van der Waals surface area contributed by atoms with Crippen LogP contribution in [-0.4, -0.2) is 16.1 Å². The van der Waals surface area contributed by atoms with Gasteiger partial charge in [-0.2, -0.15) is 0 Å². The van der Waals surface area contributed by atoms with Gasteiger partial charge in [0.25, 0.3) is 0 Å². The summed E-state index contributed by atoms with van der Waals surface area (Å²) in [5.41, 5.74) is 2.77. The van der Waals surface area contributed by atoms with Crippen molar-refractivity contribution in [2.75, 3.05) is 0 Å². The molecule has 0 atom stereocenters. The Morgan fingerprint density at radius 3 is 2.47 bits per heavy atom. The standard InChI is InChI=1S/C16H15NO2/c1-2-12-6-8-13(9-7-12)15(16(18)19)11-14-5-3-4-10-17-14/h3-11H,2H2,1H3,(H,18,19)/b15-11-. The highest BCUT2D eigenvalue weighted by atomic mass is 16.4. The van der Waals surface area contributed by atoms with E-state index >= 15 is 0 Å². The number of rotatable bonds is 4. The molecule has 1 N–H and O–H groups in total. The molecule has 0 spiro atoms. The Labute approximate surface area is 112 Å². The molecule has 0 bridgehead atoms. The zero-order valence-electron chi connectivity index (χ0n) is 10.7. The van der Waals surface area contributed by atoms with Crippen LogP contribution in [0.5, 0.6) is 0 Å². The fourth-order valence-corrected chi connectivity index (χ4v) is 1.80. The van der Waals surface area contributed by atoms with Crippen LogP contribution in [-0.2, 0) is 11.2 Å². The van der Waals surface area contributed by atoms with Gasteiger partial charge in [-0.3, -0.25) is 4.98 Å². The third kappa shape index (κ3) is 3.28. The molecule has 3 nitrogen and oxygen atoms in total. The van der Waals surface area contributed by atoms with Crippen molar-refractivity contribution in [3.63, 3.8) is 0 Å². The van der Waals surface area contributed by atoms with Gasteiger partial charge < -0.3 is 5.11 Å². The molecule has 2 aromatic rings. The van der Waals surface area contributed by atoms with Crippen LogP contribution < -0.4 is 0 Å². The summed E-state index contributed by atoms with van der Waals surface area (Å²) in [6, 6.07) is 13.0. The van der Waals surface area contributed by atoms with Crippen LogP contribution in [0.25, 0.3) is 11.6 Å². The first-order valence-corrected chi connectivity index (χ1v) is 6.16. The average Bonchev–Trinajstić information content (AvgIpc) is 2.46. The van der Waals surface area contributed by atoms with Crippen LogP contribution in [0.2, 0.25) is 0 Å². The number of aliphatic carboxylic acids is 1. The molecule has 1 heterocycles. The van der Waals surface area contributed by atoms with E-state index in [9.17, 15) is 9.90 Å². The summed E-state index contributed by atoms with van der Waals surface area (Å²) in [5.74, 6) is -0.949. The van der Waals surface area contributed by atoms with E-state index in [2.05, 4.69) is 11.9 Å². The van der Waals surface area contributed by atoms with Crippen molar-refractivity contribution in [3.05, 3.63) is 65.5 Å². The zero-order chi connectivity index (χ0) is 13.7. The van der Waals surface area contributed by atoms with E-state index in [1.54, 1.807) is 24.4 Å². The Morgan fingerprint density at radius 2 is 1.95 bits per heavy atom. The van der Waals surface area contributed by atoms with Crippen LogP contribution in [0, 0.1) is 0 Å². The van der Waals surface area contributed by atoms with Crippen LogP contribution in [0.4, 0.5) is 0 Å². The first-order chi connectivity index (χ1) is 9.20. The number of hydrogen-bond acceptors (Lipinski definition) is 2. The summed E-state index contributed by atoms with van der Waals surface area (Å²) >= 11 is 0. The highest BCUT2D eigenvalue weighted by Gasteiger charge is 2.10. The van der Waals surface area contributed by atoms with Crippen molar-refractivity contribution >= 4 is 17.6 Å². The first kappa shape index (κ1) is 13.0. The monoisotopic (exact) mass is 253 g/mol. The van der Waals surface area contributed by atoms with Gasteiger partial charge in [-0.15, -0.1) is 0 Å². The Kier molecular flexibility index (Phi) is 4.08. The highest BCUT2D eigenvalue weighted by Crippen LogP contribution is 2.18. The van der Waals surface area contributed by atoms with Crippen LogP contribution in [0.3, 0.4) is 0 Å². The summed E-state index contributed by atoms with van der Waals surface area (Å²) in [4.78, 5) is 15.5. The summed E-state index contributed by atoms with van der Waals surface area (Å²) in [5, 5.41) is 9.32. The van der Waals surface area contributed by atoms with Gasteiger partial charge in [-0.25, -0.2) is 4.79 Å². The van der Waals surface area contributed by atoms with Gasteiger partial charge in [0.15, 0.2) is 0 Å². The predicted molar refractivity (Wildman–Crippen MR) is 75.6 cm³/mol. The fourth-order valence-electron chi connectivity index (χ4n) is 1.80. The number of carboxylic acids is 1. The predicted octanol–water partition coefficient (Wildman–Crippen LogP) is 3.27. The van der Waals surface area contributed by atoms with Gasteiger partial charge in [0.1, 0.15) is 0 Å². The lowest BCUT2D eigenvalue weighted by Gasteiger charge is -2.04. The third-order valence-corrected chi connectivity index (χ3v) is 2.88. The number of benzene rings is 1.